The quantitative estimate of drug-likeness (QED) is 0.585. The molecule has 0 heteroatoms. The predicted molar refractivity (Wildman–Crippen MR) is 97.3 cm³/mol. The maximum absolute atomic E-state index is 2.30. The summed E-state index contributed by atoms with van der Waals surface area (Å²) in [6, 6.07) is 13.5. The Balaban J connectivity index is 0.000000921. The molecule has 0 atom stereocenters. The van der Waals surface area contributed by atoms with Crippen molar-refractivity contribution in [1.82, 2.24) is 0 Å². The number of hydrogen-bond acceptors (Lipinski definition) is 0. The topological polar surface area (TPSA) is 0 Å². The second kappa shape index (κ2) is 10.2. The van der Waals surface area contributed by atoms with Gasteiger partial charge in [0, 0.05) is 0 Å². The SMILES string of the molecule is CC.CC.Cc1ccc(Cc2ccc(C)c(C)c2)cc1C. The molecule has 0 unspecified atom stereocenters. The fraction of sp³-hybridized carbons (Fsp3) is 0.429. The first-order chi connectivity index (χ1) is 10.1. The van der Waals surface area contributed by atoms with Gasteiger partial charge in [-0.2, -0.15) is 0 Å². The molecule has 0 bridgehead atoms. The molecule has 0 aliphatic carbocycles. The third-order valence-corrected chi connectivity index (χ3v) is 3.55. The van der Waals surface area contributed by atoms with E-state index in [9.17, 15) is 0 Å². The molecule has 0 saturated carbocycles. The summed E-state index contributed by atoms with van der Waals surface area (Å²) in [6.45, 7) is 16.7. The van der Waals surface area contributed by atoms with E-state index < -0.39 is 0 Å². The van der Waals surface area contributed by atoms with Gasteiger partial charge < -0.3 is 0 Å². The Labute approximate surface area is 132 Å². The Morgan fingerprint density at radius 1 is 0.524 bits per heavy atom. The van der Waals surface area contributed by atoms with Gasteiger partial charge in [0.1, 0.15) is 0 Å². The maximum atomic E-state index is 2.30. The molecule has 0 spiro atoms. The number of hydrogen-bond donors (Lipinski definition) is 0. The highest BCUT2D eigenvalue weighted by Crippen LogP contribution is 2.16. The van der Waals surface area contributed by atoms with Gasteiger partial charge in [-0.25, -0.2) is 0 Å². The van der Waals surface area contributed by atoms with Crippen LogP contribution in [0.2, 0.25) is 0 Å². The van der Waals surface area contributed by atoms with Crippen molar-refractivity contribution < 1.29 is 0 Å². The van der Waals surface area contributed by atoms with E-state index >= 15 is 0 Å². The van der Waals surface area contributed by atoms with E-state index in [1.54, 1.807) is 0 Å². The lowest BCUT2D eigenvalue weighted by molar-refractivity contribution is 1.15. The van der Waals surface area contributed by atoms with E-state index in [-0.39, 0.29) is 0 Å². The molecular formula is C21H32. The summed E-state index contributed by atoms with van der Waals surface area (Å²) in [5.74, 6) is 0. The molecule has 0 N–H and O–H groups in total. The standard InChI is InChI=1S/C17H20.2C2H6/c1-12-5-7-16(9-14(12)3)11-17-8-6-13(2)15(4)10-17;2*1-2/h5-10H,11H2,1-4H3;2*1-2H3. The molecule has 2 aromatic rings. The summed E-state index contributed by atoms with van der Waals surface area (Å²) in [4.78, 5) is 0. The summed E-state index contributed by atoms with van der Waals surface area (Å²) in [5, 5.41) is 0. The molecular weight excluding hydrogens is 252 g/mol. The average molecular weight is 284 g/mol. The maximum Gasteiger partial charge on any atom is -0.00256 e. The van der Waals surface area contributed by atoms with Gasteiger partial charge in [0.2, 0.25) is 0 Å². The van der Waals surface area contributed by atoms with Gasteiger partial charge in [-0.1, -0.05) is 64.1 Å². The summed E-state index contributed by atoms with van der Waals surface area (Å²) in [6.07, 6.45) is 1.03. The molecule has 0 fully saturated rings. The minimum Gasteiger partial charge on any atom is -0.0683 e. The minimum atomic E-state index is 1.03. The Kier molecular flexibility index (Phi) is 9.45. The molecule has 21 heavy (non-hydrogen) atoms. The Hall–Kier alpha value is -1.56. The first-order valence-electron chi connectivity index (χ1n) is 8.18. The Morgan fingerprint density at radius 3 is 1.14 bits per heavy atom. The molecule has 0 heterocycles. The van der Waals surface area contributed by atoms with Crippen LogP contribution in [-0.4, -0.2) is 0 Å². The van der Waals surface area contributed by atoms with Crippen molar-refractivity contribution in [3.63, 3.8) is 0 Å². The van der Waals surface area contributed by atoms with Gasteiger partial charge >= 0.3 is 0 Å². The van der Waals surface area contributed by atoms with E-state index in [1.807, 2.05) is 27.7 Å². The molecule has 2 rings (SSSR count). The van der Waals surface area contributed by atoms with Crippen molar-refractivity contribution >= 4 is 0 Å². The number of rotatable bonds is 2. The van der Waals surface area contributed by atoms with E-state index in [4.69, 9.17) is 0 Å². The molecule has 0 amide bonds. The largest absolute Gasteiger partial charge is 0.0683 e. The van der Waals surface area contributed by atoms with E-state index in [0.717, 1.165) is 6.42 Å². The zero-order valence-corrected chi connectivity index (χ0v) is 15.2. The van der Waals surface area contributed by atoms with Gasteiger partial charge in [0.15, 0.2) is 0 Å². The second-order valence-electron chi connectivity index (χ2n) is 5.01. The van der Waals surface area contributed by atoms with E-state index in [0.29, 0.717) is 0 Å². The van der Waals surface area contributed by atoms with Gasteiger partial charge in [0.25, 0.3) is 0 Å². The minimum absolute atomic E-state index is 1.03. The fourth-order valence-electron chi connectivity index (χ4n) is 2.06. The van der Waals surface area contributed by atoms with Crippen LogP contribution in [-0.2, 0) is 6.42 Å². The lowest BCUT2D eigenvalue weighted by Crippen LogP contribution is -1.92. The highest BCUT2D eigenvalue weighted by Gasteiger charge is 2.00. The van der Waals surface area contributed by atoms with Crippen molar-refractivity contribution in [2.75, 3.05) is 0 Å². The Bertz CT molecular complexity index is 486. The first kappa shape index (κ1) is 19.4. The monoisotopic (exact) mass is 284 g/mol. The number of aryl methyl sites for hydroxylation is 4. The zero-order chi connectivity index (χ0) is 16.4. The molecule has 2 aromatic carbocycles. The molecule has 0 aromatic heterocycles. The van der Waals surface area contributed by atoms with Crippen molar-refractivity contribution in [2.24, 2.45) is 0 Å². The van der Waals surface area contributed by atoms with Crippen LogP contribution in [0.25, 0.3) is 0 Å². The lowest BCUT2D eigenvalue weighted by Gasteiger charge is -2.07. The van der Waals surface area contributed by atoms with Gasteiger partial charge in [0.05, 0.1) is 0 Å². The van der Waals surface area contributed by atoms with Crippen molar-refractivity contribution in [1.29, 1.82) is 0 Å². The molecule has 0 aliphatic heterocycles. The van der Waals surface area contributed by atoms with Crippen LogP contribution in [0.1, 0.15) is 61.1 Å². The molecule has 0 aliphatic rings. The molecule has 116 valence electrons. The molecule has 0 nitrogen and oxygen atoms in total. The van der Waals surface area contributed by atoms with E-state index in [1.165, 1.54) is 33.4 Å². The van der Waals surface area contributed by atoms with Crippen LogP contribution in [0.3, 0.4) is 0 Å². The van der Waals surface area contributed by atoms with Crippen molar-refractivity contribution in [2.45, 2.75) is 61.8 Å². The third kappa shape index (κ3) is 6.16. The summed E-state index contributed by atoms with van der Waals surface area (Å²) in [5.41, 5.74) is 8.30. The second-order valence-corrected chi connectivity index (χ2v) is 5.01. The normalized spacial score (nSPS) is 9.14. The van der Waals surface area contributed by atoms with E-state index in [2.05, 4.69) is 64.1 Å². The summed E-state index contributed by atoms with van der Waals surface area (Å²) < 4.78 is 0. The highest BCUT2D eigenvalue weighted by molar-refractivity contribution is 5.36. The first-order valence-corrected chi connectivity index (χ1v) is 8.18. The Morgan fingerprint density at radius 2 is 0.857 bits per heavy atom. The average Bonchev–Trinajstić information content (AvgIpc) is 2.51. The molecule has 0 radical (unpaired) electrons. The summed E-state index contributed by atoms with van der Waals surface area (Å²) in [7, 11) is 0. The predicted octanol–water partition coefficient (Wildman–Crippen LogP) is 6.56. The zero-order valence-electron chi connectivity index (χ0n) is 15.2. The lowest BCUT2D eigenvalue weighted by atomic mass is 9.98. The van der Waals surface area contributed by atoms with Gasteiger partial charge in [-0.3, -0.25) is 0 Å². The number of benzene rings is 2. The van der Waals surface area contributed by atoms with Gasteiger partial charge in [-0.05, 0) is 67.5 Å². The van der Waals surface area contributed by atoms with Gasteiger partial charge in [-0.15, -0.1) is 0 Å². The van der Waals surface area contributed by atoms with Crippen LogP contribution in [0.4, 0.5) is 0 Å². The van der Waals surface area contributed by atoms with Crippen molar-refractivity contribution in [3.05, 3.63) is 69.8 Å². The smallest absolute Gasteiger partial charge is 0.00256 e. The fourth-order valence-corrected chi connectivity index (χ4v) is 2.06. The van der Waals surface area contributed by atoms with Crippen molar-refractivity contribution in [3.8, 4) is 0 Å². The van der Waals surface area contributed by atoms with Crippen LogP contribution >= 0.6 is 0 Å². The van der Waals surface area contributed by atoms with Crippen LogP contribution < -0.4 is 0 Å². The van der Waals surface area contributed by atoms with Crippen LogP contribution in [0.15, 0.2) is 36.4 Å². The van der Waals surface area contributed by atoms with Crippen LogP contribution in [0, 0.1) is 27.7 Å². The third-order valence-electron chi connectivity index (χ3n) is 3.55. The van der Waals surface area contributed by atoms with Crippen LogP contribution in [0.5, 0.6) is 0 Å². The highest BCUT2D eigenvalue weighted by atomic mass is 14.1. The summed E-state index contributed by atoms with van der Waals surface area (Å²) >= 11 is 0. The molecule has 0 saturated heterocycles.